The molecule has 7 heteroatoms. The number of aryl methyl sites for hydroxylation is 1. The molecule has 2 heterocycles. The van der Waals surface area contributed by atoms with Crippen LogP contribution >= 0.6 is 11.3 Å². The number of carbonyl (C=O) groups is 1. The SMILES string of the molecule is Cn1ccsc1=NC(=O)c1cccnc1Nc1ccccc1F. The molecule has 2 aromatic heterocycles. The van der Waals surface area contributed by atoms with E-state index in [1.165, 1.54) is 23.6 Å². The first kappa shape index (κ1) is 15.1. The molecule has 3 rings (SSSR count). The monoisotopic (exact) mass is 328 g/mol. The molecule has 0 radical (unpaired) electrons. The predicted octanol–water partition coefficient (Wildman–Crippen LogP) is 3.11. The first-order chi connectivity index (χ1) is 11.1. The number of anilines is 2. The van der Waals surface area contributed by atoms with Gasteiger partial charge in [-0.25, -0.2) is 9.37 Å². The molecule has 0 bridgehead atoms. The normalized spacial score (nSPS) is 11.5. The van der Waals surface area contributed by atoms with Crippen molar-refractivity contribution in [3.05, 3.63) is 70.4 Å². The zero-order valence-corrected chi connectivity index (χ0v) is 13.0. The van der Waals surface area contributed by atoms with Crippen LogP contribution in [-0.4, -0.2) is 15.5 Å². The highest BCUT2D eigenvalue weighted by molar-refractivity contribution is 7.07. The van der Waals surface area contributed by atoms with Crippen molar-refractivity contribution in [2.24, 2.45) is 12.0 Å². The molecule has 3 aromatic rings. The third kappa shape index (κ3) is 3.35. The molecule has 0 spiro atoms. The molecule has 0 unspecified atom stereocenters. The van der Waals surface area contributed by atoms with Crippen LogP contribution in [0.15, 0.2) is 59.2 Å². The van der Waals surface area contributed by atoms with Gasteiger partial charge in [-0.2, -0.15) is 4.99 Å². The lowest BCUT2D eigenvalue weighted by molar-refractivity contribution is 0.0998. The van der Waals surface area contributed by atoms with Gasteiger partial charge >= 0.3 is 0 Å². The average Bonchev–Trinajstić information content (AvgIpc) is 2.95. The number of nitrogens with zero attached hydrogens (tertiary/aromatic N) is 3. The van der Waals surface area contributed by atoms with Crippen molar-refractivity contribution in [2.45, 2.75) is 0 Å². The summed E-state index contributed by atoms with van der Waals surface area (Å²) in [6, 6.07) is 9.46. The van der Waals surface area contributed by atoms with Gasteiger partial charge in [0.15, 0.2) is 4.80 Å². The number of para-hydroxylation sites is 1. The zero-order valence-electron chi connectivity index (χ0n) is 12.2. The van der Waals surface area contributed by atoms with E-state index < -0.39 is 11.7 Å². The maximum atomic E-state index is 13.8. The Morgan fingerprint density at radius 3 is 2.87 bits per heavy atom. The standard InChI is InChI=1S/C16H13FN4OS/c1-21-9-10-23-16(21)20-15(22)11-5-4-8-18-14(11)19-13-7-3-2-6-12(13)17/h2-10H,1H3,(H,18,19). The Labute approximate surface area is 135 Å². The largest absolute Gasteiger partial charge is 0.337 e. The second-order valence-corrected chi connectivity index (χ2v) is 5.59. The molecule has 1 aromatic carbocycles. The highest BCUT2D eigenvalue weighted by Crippen LogP contribution is 2.21. The fraction of sp³-hybridized carbons (Fsp3) is 0.0625. The average molecular weight is 328 g/mol. The van der Waals surface area contributed by atoms with E-state index in [2.05, 4.69) is 15.3 Å². The Morgan fingerprint density at radius 1 is 1.30 bits per heavy atom. The van der Waals surface area contributed by atoms with Crippen LogP contribution < -0.4 is 10.1 Å². The maximum Gasteiger partial charge on any atom is 0.283 e. The lowest BCUT2D eigenvalue weighted by atomic mass is 10.2. The van der Waals surface area contributed by atoms with E-state index in [-0.39, 0.29) is 17.1 Å². The van der Waals surface area contributed by atoms with E-state index in [4.69, 9.17) is 0 Å². The molecule has 0 aliphatic carbocycles. The van der Waals surface area contributed by atoms with Crippen LogP contribution in [0, 0.1) is 5.82 Å². The summed E-state index contributed by atoms with van der Waals surface area (Å²) in [6.07, 6.45) is 3.35. The number of halogens is 1. The van der Waals surface area contributed by atoms with Gasteiger partial charge in [-0.15, -0.1) is 11.3 Å². The fourth-order valence-electron chi connectivity index (χ4n) is 1.95. The summed E-state index contributed by atoms with van der Waals surface area (Å²) in [7, 11) is 1.81. The molecule has 0 aliphatic rings. The quantitative estimate of drug-likeness (QED) is 0.804. The summed E-state index contributed by atoms with van der Waals surface area (Å²) in [6.45, 7) is 0. The van der Waals surface area contributed by atoms with Gasteiger partial charge in [0, 0.05) is 24.8 Å². The molecular formula is C16H13FN4OS. The van der Waals surface area contributed by atoms with Crippen LogP contribution in [0.5, 0.6) is 0 Å². The van der Waals surface area contributed by atoms with Crippen LogP contribution in [0.25, 0.3) is 0 Å². The van der Waals surface area contributed by atoms with E-state index in [0.29, 0.717) is 4.80 Å². The van der Waals surface area contributed by atoms with Crippen LogP contribution in [-0.2, 0) is 7.05 Å². The Hall–Kier alpha value is -2.80. The second kappa shape index (κ2) is 6.53. The number of carbonyl (C=O) groups excluding carboxylic acids is 1. The Morgan fingerprint density at radius 2 is 2.13 bits per heavy atom. The summed E-state index contributed by atoms with van der Waals surface area (Å²) in [5.41, 5.74) is 0.533. The number of aromatic nitrogens is 2. The van der Waals surface area contributed by atoms with Crippen LogP contribution in [0.2, 0.25) is 0 Å². The van der Waals surface area contributed by atoms with Gasteiger partial charge in [-0.05, 0) is 24.3 Å². The molecule has 0 fully saturated rings. The van der Waals surface area contributed by atoms with Gasteiger partial charge in [-0.3, -0.25) is 4.79 Å². The lowest BCUT2D eigenvalue weighted by Crippen LogP contribution is -2.13. The third-order valence-electron chi connectivity index (χ3n) is 3.12. The highest BCUT2D eigenvalue weighted by atomic mass is 32.1. The van der Waals surface area contributed by atoms with Gasteiger partial charge in [-0.1, -0.05) is 12.1 Å². The summed E-state index contributed by atoms with van der Waals surface area (Å²) in [5, 5.41) is 4.69. The molecule has 0 atom stereocenters. The van der Waals surface area contributed by atoms with Gasteiger partial charge in [0.25, 0.3) is 5.91 Å². The number of hydrogen-bond acceptors (Lipinski definition) is 4. The topological polar surface area (TPSA) is 59.3 Å². The van der Waals surface area contributed by atoms with Gasteiger partial charge < -0.3 is 9.88 Å². The fourth-order valence-corrected chi connectivity index (χ4v) is 2.68. The van der Waals surface area contributed by atoms with E-state index in [1.807, 2.05) is 18.6 Å². The highest BCUT2D eigenvalue weighted by Gasteiger charge is 2.13. The molecule has 1 amide bonds. The minimum atomic E-state index is -0.435. The van der Waals surface area contributed by atoms with Crippen LogP contribution in [0.4, 0.5) is 15.9 Å². The molecule has 0 aliphatic heterocycles. The number of benzene rings is 1. The Bertz CT molecular complexity index is 916. The molecule has 0 saturated carbocycles. The number of rotatable bonds is 3. The maximum absolute atomic E-state index is 13.8. The summed E-state index contributed by atoms with van der Waals surface area (Å²) in [4.78, 5) is 21.2. The number of pyridine rings is 1. The number of thiazole rings is 1. The number of nitrogens with one attached hydrogen (secondary N) is 1. The Balaban J connectivity index is 1.97. The molecule has 1 N–H and O–H groups in total. The van der Waals surface area contributed by atoms with Crippen molar-refractivity contribution in [2.75, 3.05) is 5.32 Å². The first-order valence-electron chi connectivity index (χ1n) is 6.81. The molecule has 116 valence electrons. The molecular weight excluding hydrogens is 315 g/mol. The van der Waals surface area contributed by atoms with Crippen molar-refractivity contribution >= 4 is 28.7 Å². The number of amides is 1. The van der Waals surface area contributed by atoms with Gasteiger partial charge in [0.05, 0.1) is 11.3 Å². The van der Waals surface area contributed by atoms with Crippen molar-refractivity contribution in [3.63, 3.8) is 0 Å². The summed E-state index contributed by atoms with van der Waals surface area (Å²) < 4.78 is 15.5. The zero-order chi connectivity index (χ0) is 16.2. The minimum absolute atomic E-state index is 0.252. The van der Waals surface area contributed by atoms with Crippen molar-refractivity contribution in [3.8, 4) is 0 Å². The van der Waals surface area contributed by atoms with Gasteiger partial charge in [0.2, 0.25) is 0 Å². The van der Waals surface area contributed by atoms with Crippen LogP contribution in [0.1, 0.15) is 10.4 Å². The Kier molecular flexibility index (Phi) is 4.29. The predicted molar refractivity (Wildman–Crippen MR) is 87.1 cm³/mol. The van der Waals surface area contributed by atoms with Crippen molar-refractivity contribution in [1.29, 1.82) is 0 Å². The minimum Gasteiger partial charge on any atom is -0.337 e. The van der Waals surface area contributed by atoms with Crippen molar-refractivity contribution in [1.82, 2.24) is 9.55 Å². The smallest absolute Gasteiger partial charge is 0.283 e. The first-order valence-corrected chi connectivity index (χ1v) is 7.69. The van der Waals surface area contributed by atoms with Crippen LogP contribution in [0.3, 0.4) is 0 Å². The second-order valence-electron chi connectivity index (χ2n) is 4.72. The third-order valence-corrected chi connectivity index (χ3v) is 3.97. The van der Waals surface area contributed by atoms with E-state index in [0.717, 1.165) is 0 Å². The molecule has 0 saturated heterocycles. The lowest BCUT2D eigenvalue weighted by Gasteiger charge is -2.09. The van der Waals surface area contributed by atoms with E-state index >= 15 is 0 Å². The summed E-state index contributed by atoms with van der Waals surface area (Å²) >= 11 is 1.36. The molecule has 23 heavy (non-hydrogen) atoms. The molecule has 5 nitrogen and oxygen atoms in total. The summed E-state index contributed by atoms with van der Waals surface area (Å²) in [5.74, 6) is -0.585. The van der Waals surface area contributed by atoms with Crippen molar-refractivity contribution < 1.29 is 9.18 Å². The number of hydrogen-bond donors (Lipinski definition) is 1. The van der Waals surface area contributed by atoms with Gasteiger partial charge in [0.1, 0.15) is 11.6 Å². The van der Waals surface area contributed by atoms with E-state index in [1.54, 1.807) is 34.9 Å². The van der Waals surface area contributed by atoms with E-state index in [9.17, 15) is 9.18 Å².